The lowest BCUT2D eigenvalue weighted by molar-refractivity contribution is -0.123. The average Bonchev–Trinajstić information content (AvgIpc) is 3.30. The molecule has 1 atom stereocenters. The number of aliphatic hydroxyl groups excluding tert-OH is 1. The molecule has 4 nitrogen and oxygen atoms in total. The number of carbonyl (C=O) groups is 1. The maximum Gasteiger partial charge on any atom is 0.258 e. The van der Waals surface area contributed by atoms with Crippen molar-refractivity contribution in [3.8, 4) is 5.75 Å². The molecule has 0 aliphatic heterocycles. The van der Waals surface area contributed by atoms with Crippen molar-refractivity contribution in [2.45, 2.75) is 19.6 Å². The first-order valence-corrected chi connectivity index (χ1v) is 9.58. The smallest absolute Gasteiger partial charge is 0.258 e. The fraction of sp³-hybridized carbons (Fsp3) is 0.211. The number of rotatable bonds is 7. The number of aliphatic hydroxyl groups is 1. The normalized spacial score (nSPS) is 11.9. The lowest BCUT2D eigenvalue weighted by Crippen LogP contribution is -2.28. The molecule has 0 aliphatic rings. The summed E-state index contributed by atoms with van der Waals surface area (Å²) in [5.74, 6) is 0.548. The Bertz CT molecular complexity index is 827. The first-order valence-electron chi connectivity index (χ1n) is 7.88. The van der Waals surface area contributed by atoms with Crippen molar-refractivity contribution in [1.82, 2.24) is 5.32 Å². The molecule has 2 aromatic heterocycles. The van der Waals surface area contributed by atoms with E-state index in [1.807, 2.05) is 60.8 Å². The molecule has 2 N–H and O–H groups in total. The fourth-order valence-electron chi connectivity index (χ4n) is 2.32. The molecule has 0 spiro atoms. The second-order valence-corrected chi connectivity index (χ2v) is 7.73. The summed E-state index contributed by atoms with van der Waals surface area (Å²) >= 11 is 3.03. The van der Waals surface area contributed by atoms with Gasteiger partial charge < -0.3 is 15.2 Å². The van der Waals surface area contributed by atoms with Gasteiger partial charge in [-0.25, -0.2) is 0 Å². The van der Waals surface area contributed by atoms with Crippen LogP contribution in [0.25, 0.3) is 0 Å². The molecular formula is C19H19NO3S2. The van der Waals surface area contributed by atoms with Crippen LogP contribution in [0.3, 0.4) is 0 Å². The molecule has 0 bridgehead atoms. The van der Waals surface area contributed by atoms with Crippen LogP contribution < -0.4 is 10.1 Å². The number of aryl methyl sites for hydroxylation is 1. The third kappa shape index (κ3) is 4.69. The zero-order valence-electron chi connectivity index (χ0n) is 13.8. The Labute approximate surface area is 154 Å². The SMILES string of the molecule is Cc1ccccc1OCC(=O)NCc1ccc(C(O)c2cccs2)s1. The van der Waals surface area contributed by atoms with Crippen molar-refractivity contribution in [2.75, 3.05) is 6.61 Å². The van der Waals surface area contributed by atoms with Crippen molar-refractivity contribution >= 4 is 28.6 Å². The van der Waals surface area contributed by atoms with Crippen molar-refractivity contribution in [1.29, 1.82) is 0 Å². The lowest BCUT2D eigenvalue weighted by atomic mass is 10.2. The summed E-state index contributed by atoms with van der Waals surface area (Å²) in [6.07, 6.45) is -0.598. The standard InChI is InChI=1S/C19H19NO3S2/c1-13-5-2-3-6-15(13)23-12-18(21)20-11-14-8-9-17(25-14)19(22)16-7-4-10-24-16/h2-10,19,22H,11-12H2,1H3,(H,20,21). The van der Waals surface area contributed by atoms with Gasteiger partial charge in [0.25, 0.3) is 5.91 Å². The van der Waals surface area contributed by atoms with Crippen LogP contribution in [0, 0.1) is 6.92 Å². The van der Waals surface area contributed by atoms with Crippen LogP contribution in [0.4, 0.5) is 0 Å². The van der Waals surface area contributed by atoms with Gasteiger partial charge in [0.1, 0.15) is 11.9 Å². The van der Waals surface area contributed by atoms with Gasteiger partial charge in [-0.15, -0.1) is 22.7 Å². The molecule has 1 unspecified atom stereocenters. The Morgan fingerprint density at radius 2 is 2.00 bits per heavy atom. The summed E-state index contributed by atoms with van der Waals surface area (Å²) in [6, 6.07) is 15.3. The molecule has 6 heteroatoms. The first kappa shape index (κ1) is 17.7. The predicted molar refractivity (Wildman–Crippen MR) is 101 cm³/mol. The minimum atomic E-state index is -0.598. The molecule has 0 radical (unpaired) electrons. The maximum atomic E-state index is 11.9. The third-order valence-electron chi connectivity index (χ3n) is 3.68. The highest BCUT2D eigenvalue weighted by Crippen LogP contribution is 2.30. The van der Waals surface area contributed by atoms with Crippen LogP contribution in [0.5, 0.6) is 5.75 Å². The van der Waals surface area contributed by atoms with Gasteiger partial charge in [-0.05, 0) is 42.1 Å². The fourth-order valence-corrected chi connectivity index (χ4v) is 4.08. The van der Waals surface area contributed by atoms with E-state index in [2.05, 4.69) is 5.32 Å². The van der Waals surface area contributed by atoms with Gasteiger partial charge >= 0.3 is 0 Å². The van der Waals surface area contributed by atoms with Gasteiger partial charge in [0.15, 0.2) is 6.61 Å². The largest absolute Gasteiger partial charge is 0.484 e. The molecule has 1 amide bonds. The Kier molecular flexibility index (Phi) is 5.86. The lowest BCUT2D eigenvalue weighted by Gasteiger charge is -2.09. The van der Waals surface area contributed by atoms with Gasteiger partial charge in [-0.3, -0.25) is 4.79 Å². The van der Waals surface area contributed by atoms with E-state index in [9.17, 15) is 9.90 Å². The monoisotopic (exact) mass is 373 g/mol. The summed E-state index contributed by atoms with van der Waals surface area (Å²) in [6.45, 7) is 2.36. The number of thiophene rings is 2. The second-order valence-electron chi connectivity index (χ2n) is 5.55. The molecular weight excluding hydrogens is 354 g/mol. The van der Waals surface area contributed by atoms with Gasteiger partial charge in [0.2, 0.25) is 0 Å². The van der Waals surface area contributed by atoms with E-state index >= 15 is 0 Å². The summed E-state index contributed by atoms with van der Waals surface area (Å²) < 4.78 is 5.53. The number of nitrogens with one attached hydrogen (secondary N) is 1. The van der Waals surface area contributed by atoms with E-state index in [1.54, 1.807) is 0 Å². The van der Waals surface area contributed by atoms with E-state index < -0.39 is 6.10 Å². The Balaban J connectivity index is 1.49. The topological polar surface area (TPSA) is 58.6 Å². The summed E-state index contributed by atoms with van der Waals surface area (Å²) in [7, 11) is 0. The summed E-state index contributed by atoms with van der Waals surface area (Å²) in [5.41, 5.74) is 1.00. The number of amides is 1. The van der Waals surface area contributed by atoms with Crippen LogP contribution in [0.15, 0.2) is 53.9 Å². The van der Waals surface area contributed by atoms with E-state index in [-0.39, 0.29) is 12.5 Å². The van der Waals surface area contributed by atoms with E-state index in [0.717, 1.165) is 25.9 Å². The molecule has 1 aromatic carbocycles. The summed E-state index contributed by atoms with van der Waals surface area (Å²) in [5, 5.41) is 15.1. The highest BCUT2D eigenvalue weighted by atomic mass is 32.1. The van der Waals surface area contributed by atoms with Crippen LogP contribution in [-0.2, 0) is 11.3 Å². The summed E-state index contributed by atoms with van der Waals surface area (Å²) in [4.78, 5) is 14.7. The van der Waals surface area contributed by atoms with Crippen LogP contribution in [0.2, 0.25) is 0 Å². The minimum Gasteiger partial charge on any atom is -0.484 e. The molecule has 3 aromatic rings. The average molecular weight is 373 g/mol. The maximum absolute atomic E-state index is 11.9. The number of carbonyl (C=O) groups excluding carboxylic acids is 1. The predicted octanol–water partition coefficient (Wildman–Crippen LogP) is 3.89. The van der Waals surface area contributed by atoms with Crippen molar-refractivity contribution in [2.24, 2.45) is 0 Å². The Morgan fingerprint density at radius 3 is 2.76 bits per heavy atom. The van der Waals surface area contributed by atoms with Crippen molar-refractivity contribution in [3.05, 3.63) is 74.1 Å². The number of hydrogen-bond acceptors (Lipinski definition) is 5. The van der Waals surface area contributed by atoms with Gasteiger partial charge in [0, 0.05) is 14.6 Å². The third-order valence-corrected chi connectivity index (χ3v) is 5.74. The number of para-hydroxylation sites is 1. The molecule has 0 saturated carbocycles. The van der Waals surface area contributed by atoms with Crippen molar-refractivity contribution < 1.29 is 14.6 Å². The van der Waals surface area contributed by atoms with Gasteiger partial charge in [-0.2, -0.15) is 0 Å². The quantitative estimate of drug-likeness (QED) is 0.660. The number of hydrogen-bond donors (Lipinski definition) is 2. The van der Waals surface area contributed by atoms with Crippen LogP contribution in [-0.4, -0.2) is 17.6 Å². The number of ether oxygens (including phenoxy) is 1. The van der Waals surface area contributed by atoms with Gasteiger partial charge in [-0.1, -0.05) is 24.3 Å². The molecule has 3 rings (SSSR count). The van der Waals surface area contributed by atoms with E-state index in [0.29, 0.717) is 6.54 Å². The molecule has 25 heavy (non-hydrogen) atoms. The molecule has 2 heterocycles. The first-order chi connectivity index (χ1) is 12.1. The molecule has 0 fully saturated rings. The highest BCUT2D eigenvalue weighted by molar-refractivity contribution is 7.12. The minimum absolute atomic E-state index is 0.0130. The highest BCUT2D eigenvalue weighted by Gasteiger charge is 2.14. The van der Waals surface area contributed by atoms with Crippen LogP contribution in [0.1, 0.15) is 26.3 Å². The Morgan fingerprint density at radius 1 is 1.16 bits per heavy atom. The molecule has 0 aliphatic carbocycles. The van der Waals surface area contributed by atoms with Crippen LogP contribution >= 0.6 is 22.7 Å². The molecule has 130 valence electrons. The zero-order valence-corrected chi connectivity index (χ0v) is 15.4. The molecule has 0 saturated heterocycles. The van der Waals surface area contributed by atoms with E-state index in [4.69, 9.17) is 4.74 Å². The Hall–Kier alpha value is -2.15. The number of benzene rings is 1. The van der Waals surface area contributed by atoms with Crippen molar-refractivity contribution in [3.63, 3.8) is 0 Å². The second kappa shape index (κ2) is 8.29. The van der Waals surface area contributed by atoms with E-state index in [1.165, 1.54) is 22.7 Å². The van der Waals surface area contributed by atoms with Gasteiger partial charge in [0.05, 0.1) is 6.54 Å². The zero-order chi connectivity index (χ0) is 17.6.